The fraction of sp³-hybridized carbons (Fsp3) is 0.471. The Morgan fingerprint density at radius 3 is 2.50 bits per heavy atom. The van der Waals surface area contributed by atoms with Crippen LogP contribution in [0.1, 0.15) is 37.8 Å². The molecule has 1 aromatic rings. The fourth-order valence-electron chi connectivity index (χ4n) is 2.67. The number of halogens is 3. The Balaban J connectivity index is 0.00000338. The molecule has 1 aromatic carbocycles. The zero-order valence-electron chi connectivity index (χ0n) is 14.7. The maximum atomic E-state index is 13.8. The van der Waals surface area contributed by atoms with Crippen LogP contribution < -0.4 is 10.6 Å². The van der Waals surface area contributed by atoms with Gasteiger partial charge in [0, 0.05) is 44.6 Å². The molecule has 1 unspecified atom stereocenters. The van der Waals surface area contributed by atoms with E-state index >= 15 is 0 Å². The number of hydrogen-bond acceptors (Lipinski definition) is 3. The molecular formula is C17H23F2IN4O2. The second kappa shape index (κ2) is 10.4. The molecule has 6 nitrogen and oxygen atoms in total. The van der Waals surface area contributed by atoms with Crippen LogP contribution in [0.3, 0.4) is 0 Å². The van der Waals surface area contributed by atoms with Gasteiger partial charge < -0.3 is 10.6 Å². The van der Waals surface area contributed by atoms with Crippen molar-refractivity contribution in [2.45, 2.75) is 32.2 Å². The molecule has 0 bridgehead atoms. The lowest BCUT2D eigenvalue weighted by Crippen LogP contribution is -2.46. The van der Waals surface area contributed by atoms with Crippen molar-refractivity contribution in [2.24, 2.45) is 4.99 Å². The van der Waals surface area contributed by atoms with Crippen LogP contribution >= 0.6 is 24.0 Å². The molecule has 26 heavy (non-hydrogen) atoms. The van der Waals surface area contributed by atoms with Crippen LogP contribution in [0.2, 0.25) is 0 Å². The van der Waals surface area contributed by atoms with Crippen molar-refractivity contribution >= 4 is 41.8 Å². The monoisotopic (exact) mass is 480 g/mol. The molecule has 0 saturated carbocycles. The number of amides is 2. The zero-order valence-corrected chi connectivity index (χ0v) is 17.1. The fourth-order valence-corrected chi connectivity index (χ4v) is 2.67. The van der Waals surface area contributed by atoms with Gasteiger partial charge in [0.25, 0.3) is 0 Å². The van der Waals surface area contributed by atoms with Gasteiger partial charge in [0.05, 0.1) is 6.04 Å². The molecule has 0 aliphatic carbocycles. The van der Waals surface area contributed by atoms with E-state index in [9.17, 15) is 18.4 Å². The molecule has 2 rings (SSSR count). The molecule has 1 heterocycles. The summed E-state index contributed by atoms with van der Waals surface area (Å²) >= 11 is 0. The minimum atomic E-state index is -0.639. The number of nitrogens with zero attached hydrogens (tertiary/aromatic N) is 2. The van der Waals surface area contributed by atoms with Gasteiger partial charge in [-0.2, -0.15) is 0 Å². The first kappa shape index (κ1) is 22.3. The van der Waals surface area contributed by atoms with E-state index in [2.05, 4.69) is 15.6 Å². The number of imide groups is 1. The van der Waals surface area contributed by atoms with E-state index in [0.717, 1.165) is 6.07 Å². The minimum Gasteiger partial charge on any atom is -0.355 e. The first-order valence-corrected chi connectivity index (χ1v) is 8.17. The summed E-state index contributed by atoms with van der Waals surface area (Å²) < 4.78 is 26.8. The number of guanidine groups is 1. The molecule has 2 N–H and O–H groups in total. The van der Waals surface area contributed by atoms with Crippen molar-refractivity contribution in [3.63, 3.8) is 0 Å². The van der Waals surface area contributed by atoms with E-state index < -0.39 is 17.7 Å². The van der Waals surface area contributed by atoms with E-state index in [1.54, 1.807) is 14.0 Å². The van der Waals surface area contributed by atoms with E-state index in [0.29, 0.717) is 37.3 Å². The number of rotatable bonds is 5. The Kier molecular flexibility index (Phi) is 8.89. The van der Waals surface area contributed by atoms with Crippen molar-refractivity contribution in [2.75, 3.05) is 20.1 Å². The number of carbonyl (C=O) groups excluding carboxylic acids is 2. The topological polar surface area (TPSA) is 73.8 Å². The summed E-state index contributed by atoms with van der Waals surface area (Å²) in [6.45, 7) is 2.30. The highest BCUT2D eigenvalue weighted by Crippen LogP contribution is 2.17. The zero-order chi connectivity index (χ0) is 18.4. The SMILES string of the molecule is CN=C(NCCN1C(=O)CCCC1=O)NC(C)c1ccc(F)cc1F.I. The Bertz CT molecular complexity index is 669. The molecule has 0 aromatic heterocycles. The van der Waals surface area contributed by atoms with Gasteiger partial charge in [0.1, 0.15) is 11.6 Å². The predicted molar refractivity (Wildman–Crippen MR) is 105 cm³/mol. The summed E-state index contributed by atoms with van der Waals surface area (Å²) in [5.74, 6) is -1.20. The summed E-state index contributed by atoms with van der Waals surface area (Å²) in [6.07, 6.45) is 1.38. The van der Waals surface area contributed by atoms with Crippen LogP contribution in [0.4, 0.5) is 8.78 Å². The van der Waals surface area contributed by atoms with Crippen molar-refractivity contribution < 1.29 is 18.4 Å². The molecule has 1 aliphatic heterocycles. The normalized spacial score (nSPS) is 16.2. The Morgan fingerprint density at radius 1 is 1.27 bits per heavy atom. The third kappa shape index (κ3) is 5.89. The summed E-state index contributed by atoms with van der Waals surface area (Å²) in [4.78, 5) is 28.7. The first-order chi connectivity index (χ1) is 11.9. The number of likely N-dealkylation sites (tertiary alicyclic amines) is 1. The lowest BCUT2D eigenvalue weighted by Gasteiger charge is -2.25. The lowest BCUT2D eigenvalue weighted by atomic mass is 10.1. The van der Waals surface area contributed by atoms with Gasteiger partial charge in [-0.15, -0.1) is 24.0 Å². The van der Waals surface area contributed by atoms with Gasteiger partial charge in [0.2, 0.25) is 11.8 Å². The molecular weight excluding hydrogens is 457 g/mol. The number of hydrogen-bond donors (Lipinski definition) is 2. The van der Waals surface area contributed by atoms with Crippen molar-refractivity contribution in [1.82, 2.24) is 15.5 Å². The van der Waals surface area contributed by atoms with Crippen LogP contribution in [0.15, 0.2) is 23.2 Å². The van der Waals surface area contributed by atoms with Crippen LogP contribution in [-0.4, -0.2) is 42.8 Å². The third-order valence-electron chi connectivity index (χ3n) is 4.02. The molecule has 9 heteroatoms. The van der Waals surface area contributed by atoms with Gasteiger partial charge in [-0.25, -0.2) is 8.78 Å². The van der Waals surface area contributed by atoms with Crippen molar-refractivity contribution in [3.8, 4) is 0 Å². The molecule has 1 atom stereocenters. The Labute approximate surface area is 168 Å². The summed E-state index contributed by atoms with van der Waals surface area (Å²) in [7, 11) is 1.56. The van der Waals surface area contributed by atoms with Gasteiger partial charge in [-0.3, -0.25) is 19.5 Å². The van der Waals surface area contributed by atoms with Crippen LogP contribution in [-0.2, 0) is 9.59 Å². The molecule has 1 aliphatic rings. The van der Waals surface area contributed by atoms with Crippen molar-refractivity contribution in [3.05, 3.63) is 35.4 Å². The Hall–Kier alpha value is -1.78. The maximum Gasteiger partial charge on any atom is 0.229 e. The second-order valence-electron chi connectivity index (χ2n) is 5.82. The van der Waals surface area contributed by atoms with Crippen LogP contribution in [0.5, 0.6) is 0 Å². The third-order valence-corrected chi connectivity index (χ3v) is 4.02. The van der Waals surface area contributed by atoms with E-state index in [4.69, 9.17) is 0 Å². The highest BCUT2D eigenvalue weighted by molar-refractivity contribution is 14.0. The molecule has 0 spiro atoms. The minimum absolute atomic E-state index is 0. The number of piperidine rings is 1. The highest BCUT2D eigenvalue weighted by Gasteiger charge is 2.25. The number of nitrogens with one attached hydrogen (secondary N) is 2. The first-order valence-electron chi connectivity index (χ1n) is 8.17. The van der Waals surface area contributed by atoms with E-state index in [1.807, 2.05) is 0 Å². The van der Waals surface area contributed by atoms with E-state index in [1.165, 1.54) is 17.0 Å². The second-order valence-corrected chi connectivity index (χ2v) is 5.82. The number of carbonyl (C=O) groups is 2. The maximum absolute atomic E-state index is 13.8. The average Bonchev–Trinajstić information content (AvgIpc) is 2.56. The van der Waals surface area contributed by atoms with Gasteiger partial charge in [-0.1, -0.05) is 6.07 Å². The average molecular weight is 480 g/mol. The highest BCUT2D eigenvalue weighted by atomic mass is 127. The van der Waals surface area contributed by atoms with Gasteiger partial charge in [-0.05, 0) is 19.4 Å². The Morgan fingerprint density at radius 2 is 1.92 bits per heavy atom. The summed E-state index contributed by atoms with van der Waals surface area (Å²) in [6, 6.07) is 2.96. The van der Waals surface area contributed by atoms with E-state index in [-0.39, 0.29) is 42.3 Å². The van der Waals surface area contributed by atoms with Gasteiger partial charge in [0.15, 0.2) is 5.96 Å². The summed E-state index contributed by atoms with van der Waals surface area (Å²) in [5.41, 5.74) is 0.311. The van der Waals surface area contributed by atoms with Crippen LogP contribution in [0.25, 0.3) is 0 Å². The largest absolute Gasteiger partial charge is 0.355 e. The smallest absolute Gasteiger partial charge is 0.229 e. The van der Waals surface area contributed by atoms with Gasteiger partial charge >= 0.3 is 0 Å². The molecule has 2 amide bonds. The molecule has 1 saturated heterocycles. The van der Waals surface area contributed by atoms with Crippen LogP contribution in [0, 0.1) is 11.6 Å². The lowest BCUT2D eigenvalue weighted by molar-refractivity contribution is -0.147. The summed E-state index contributed by atoms with van der Waals surface area (Å²) in [5, 5.41) is 5.98. The van der Waals surface area contributed by atoms with Crippen molar-refractivity contribution in [1.29, 1.82) is 0 Å². The standard InChI is InChI=1S/C17H22F2N4O2.HI/c1-11(13-7-6-12(18)10-14(13)19)22-17(20-2)21-8-9-23-15(24)4-3-5-16(23)25;/h6-7,10-11H,3-5,8-9H2,1-2H3,(H2,20,21,22);1H. The molecule has 0 radical (unpaired) electrons. The predicted octanol–water partition coefficient (Wildman–Crippen LogP) is 2.35. The quantitative estimate of drug-likeness (QED) is 0.294. The number of benzene rings is 1. The number of aliphatic imine (C=N–C) groups is 1. The molecule has 1 fully saturated rings. The molecule has 144 valence electrons.